The Balaban J connectivity index is 1.08. The zero-order valence-corrected chi connectivity index (χ0v) is 31.6. The van der Waals surface area contributed by atoms with E-state index < -0.39 is 12.1 Å². The van der Waals surface area contributed by atoms with E-state index >= 15 is 0 Å². The van der Waals surface area contributed by atoms with Gasteiger partial charge in [-0.3, -0.25) is 9.69 Å². The molecule has 6 rings (SSSR count). The van der Waals surface area contributed by atoms with Gasteiger partial charge in [0.25, 0.3) is 0 Å². The molecule has 1 atom stereocenters. The van der Waals surface area contributed by atoms with Crippen LogP contribution in [0, 0.1) is 11.7 Å². The average molecular weight is 762 g/mol. The van der Waals surface area contributed by atoms with Crippen molar-refractivity contribution in [3.63, 3.8) is 0 Å². The standard InChI is InChI=1S/C42H47Cl2FN4O4/c1-2-52-39-14-8-13-38(45)36(39)28-48-23-25-49(26-24-48)41(50)40(46-42(51)53-29-30-9-4-3-5-10-30)32-18-21-47(22-19-32)20-17-31-11-6-7-12-34(31)35-27-33(43)15-16-37(35)44/h3-16,27,32,40H,2,17-26,28-29H2,1H3,(H,46,51)/t40-/m1/s1. The number of piperazine rings is 1. The van der Waals surface area contributed by atoms with Crippen LogP contribution in [0.5, 0.6) is 5.75 Å². The Kier molecular flexibility index (Phi) is 13.6. The van der Waals surface area contributed by atoms with E-state index in [0.29, 0.717) is 60.7 Å². The molecule has 1 N–H and O–H groups in total. The van der Waals surface area contributed by atoms with Crippen molar-refractivity contribution in [1.82, 2.24) is 20.0 Å². The molecule has 0 aliphatic carbocycles. The van der Waals surface area contributed by atoms with Crippen LogP contribution >= 0.6 is 23.2 Å². The molecule has 2 amide bonds. The minimum Gasteiger partial charge on any atom is -0.493 e. The summed E-state index contributed by atoms with van der Waals surface area (Å²) in [5, 5.41) is 4.27. The largest absolute Gasteiger partial charge is 0.493 e. The maximum atomic E-state index is 14.8. The number of rotatable bonds is 13. The Bertz CT molecular complexity index is 1830. The molecule has 2 saturated heterocycles. The van der Waals surface area contributed by atoms with Gasteiger partial charge in [0, 0.05) is 60.4 Å². The minimum atomic E-state index is -0.714. The third-order valence-electron chi connectivity index (χ3n) is 10.2. The third-order valence-corrected chi connectivity index (χ3v) is 10.8. The van der Waals surface area contributed by atoms with Gasteiger partial charge in [0.1, 0.15) is 24.2 Å². The van der Waals surface area contributed by atoms with Crippen LogP contribution < -0.4 is 10.1 Å². The van der Waals surface area contributed by atoms with Gasteiger partial charge in [0.2, 0.25) is 5.91 Å². The molecule has 0 aromatic heterocycles. The Morgan fingerprint density at radius 3 is 2.34 bits per heavy atom. The quantitative estimate of drug-likeness (QED) is 0.149. The molecule has 53 heavy (non-hydrogen) atoms. The fraction of sp³-hybridized carbons (Fsp3) is 0.381. The van der Waals surface area contributed by atoms with Crippen molar-refractivity contribution in [3.05, 3.63) is 124 Å². The Labute approximate surface area is 321 Å². The smallest absolute Gasteiger partial charge is 0.408 e. The lowest BCUT2D eigenvalue weighted by molar-refractivity contribution is -0.137. The number of ether oxygens (including phenoxy) is 2. The number of alkyl carbamates (subject to hydrolysis) is 1. The summed E-state index contributed by atoms with van der Waals surface area (Å²) in [5.41, 5.74) is 4.58. The lowest BCUT2D eigenvalue weighted by atomic mass is 9.88. The Morgan fingerprint density at radius 1 is 0.849 bits per heavy atom. The third kappa shape index (κ3) is 10.3. The maximum Gasteiger partial charge on any atom is 0.408 e. The maximum absolute atomic E-state index is 14.8. The highest BCUT2D eigenvalue weighted by Gasteiger charge is 2.37. The van der Waals surface area contributed by atoms with Gasteiger partial charge in [0.05, 0.1) is 6.61 Å². The Hall–Kier alpha value is -4.15. The molecule has 0 saturated carbocycles. The van der Waals surface area contributed by atoms with Crippen LogP contribution in [-0.2, 0) is 29.1 Å². The zero-order valence-electron chi connectivity index (χ0n) is 30.1. The van der Waals surface area contributed by atoms with Gasteiger partial charge in [0.15, 0.2) is 0 Å². The van der Waals surface area contributed by atoms with Crippen LogP contribution in [-0.4, -0.2) is 85.2 Å². The van der Waals surface area contributed by atoms with Gasteiger partial charge in [-0.15, -0.1) is 0 Å². The van der Waals surface area contributed by atoms with E-state index in [9.17, 15) is 14.0 Å². The number of carbonyl (C=O) groups excluding carboxylic acids is 2. The molecule has 280 valence electrons. The van der Waals surface area contributed by atoms with Crippen molar-refractivity contribution in [2.45, 2.75) is 45.4 Å². The fourth-order valence-electron chi connectivity index (χ4n) is 7.30. The number of carbonyl (C=O) groups is 2. The molecular formula is C42H47Cl2FN4O4. The lowest BCUT2D eigenvalue weighted by Gasteiger charge is -2.40. The first-order valence-electron chi connectivity index (χ1n) is 18.4. The number of hydrogen-bond donors (Lipinski definition) is 1. The number of nitrogens with zero attached hydrogens (tertiary/aromatic N) is 3. The second kappa shape index (κ2) is 18.7. The van der Waals surface area contributed by atoms with Gasteiger partial charge in [-0.05, 0) is 92.2 Å². The average Bonchev–Trinajstić information content (AvgIpc) is 3.18. The van der Waals surface area contributed by atoms with E-state index in [2.05, 4.69) is 27.2 Å². The molecule has 2 aliphatic rings. The van der Waals surface area contributed by atoms with E-state index in [1.54, 1.807) is 18.2 Å². The fourth-order valence-corrected chi connectivity index (χ4v) is 7.69. The van der Waals surface area contributed by atoms with Crippen molar-refractivity contribution in [2.75, 3.05) is 52.4 Å². The molecule has 0 bridgehead atoms. The summed E-state index contributed by atoms with van der Waals surface area (Å²) in [6, 6.07) is 27.5. The van der Waals surface area contributed by atoms with Crippen molar-refractivity contribution in [2.24, 2.45) is 5.92 Å². The monoisotopic (exact) mass is 760 g/mol. The number of hydrogen-bond acceptors (Lipinski definition) is 6. The van der Waals surface area contributed by atoms with Crippen LogP contribution in [0.3, 0.4) is 0 Å². The number of likely N-dealkylation sites (tertiary alicyclic amines) is 1. The van der Waals surface area contributed by atoms with Crippen molar-refractivity contribution in [3.8, 4) is 16.9 Å². The molecule has 4 aromatic rings. The Morgan fingerprint density at radius 2 is 1.58 bits per heavy atom. The molecule has 0 unspecified atom stereocenters. The van der Waals surface area contributed by atoms with Gasteiger partial charge < -0.3 is 24.6 Å². The highest BCUT2D eigenvalue weighted by atomic mass is 35.5. The van der Waals surface area contributed by atoms with Crippen molar-refractivity contribution in [1.29, 1.82) is 0 Å². The SMILES string of the molecule is CCOc1cccc(F)c1CN1CCN(C(=O)[C@H](NC(=O)OCc2ccccc2)C2CCN(CCc3ccccc3-c3cc(Cl)ccc3Cl)CC2)CC1. The van der Waals surface area contributed by atoms with E-state index in [1.807, 2.05) is 66.4 Å². The molecule has 2 aliphatic heterocycles. The van der Waals surface area contributed by atoms with Crippen LogP contribution in [0.1, 0.15) is 36.5 Å². The van der Waals surface area contributed by atoms with Gasteiger partial charge in [-0.2, -0.15) is 0 Å². The number of amides is 2. The highest BCUT2D eigenvalue weighted by molar-refractivity contribution is 6.35. The van der Waals surface area contributed by atoms with Gasteiger partial charge in [-0.25, -0.2) is 9.18 Å². The van der Waals surface area contributed by atoms with Crippen molar-refractivity contribution < 1.29 is 23.5 Å². The number of benzene rings is 4. The molecule has 11 heteroatoms. The lowest BCUT2D eigenvalue weighted by Crippen LogP contribution is -2.58. The topological polar surface area (TPSA) is 74.3 Å². The summed E-state index contributed by atoms with van der Waals surface area (Å²) < 4.78 is 26.0. The molecule has 4 aromatic carbocycles. The van der Waals surface area contributed by atoms with Gasteiger partial charge >= 0.3 is 6.09 Å². The minimum absolute atomic E-state index is 0.0502. The molecule has 2 heterocycles. The second-order valence-electron chi connectivity index (χ2n) is 13.6. The summed E-state index contributed by atoms with van der Waals surface area (Å²) in [4.78, 5) is 33.7. The van der Waals surface area contributed by atoms with Crippen LogP contribution in [0.25, 0.3) is 11.1 Å². The number of nitrogens with one attached hydrogen (secondary N) is 1. The van der Waals surface area contributed by atoms with Gasteiger partial charge in [-0.1, -0.05) is 83.9 Å². The summed E-state index contributed by atoms with van der Waals surface area (Å²) in [6.45, 7) is 7.40. The summed E-state index contributed by atoms with van der Waals surface area (Å²) in [7, 11) is 0. The first-order chi connectivity index (χ1) is 25.8. The molecule has 0 radical (unpaired) electrons. The highest BCUT2D eigenvalue weighted by Crippen LogP contribution is 2.33. The molecular weight excluding hydrogens is 714 g/mol. The predicted octanol–water partition coefficient (Wildman–Crippen LogP) is 8.09. The first kappa shape index (κ1) is 38.6. The molecule has 0 spiro atoms. The first-order valence-corrected chi connectivity index (χ1v) is 19.2. The number of halogens is 3. The van der Waals surface area contributed by atoms with Crippen LogP contribution in [0.2, 0.25) is 10.0 Å². The normalized spacial score (nSPS) is 16.3. The van der Waals surface area contributed by atoms with Crippen molar-refractivity contribution >= 4 is 35.2 Å². The van der Waals surface area contributed by atoms with E-state index in [4.69, 9.17) is 32.7 Å². The summed E-state index contributed by atoms with van der Waals surface area (Å²) >= 11 is 12.9. The summed E-state index contributed by atoms with van der Waals surface area (Å²) in [5.74, 6) is 0.0953. The zero-order chi connectivity index (χ0) is 37.2. The predicted molar refractivity (Wildman–Crippen MR) is 208 cm³/mol. The van der Waals surface area contributed by atoms with E-state index in [-0.39, 0.29) is 24.2 Å². The van der Waals surface area contributed by atoms with Crippen LogP contribution in [0.15, 0.2) is 91.0 Å². The summed E-state index contributed by atoms with van der Waals surface area (Å²) in [6.07, 6.45) is 1.74. The number of piperidine rings is 1. The van der Waals surface area contributed by atoms with E-state index in [0.717, 1.165) is 55.6 Å². The second-order valence-corrected chi connectivity index (χ2v) is 14.5. The van der Waals surface area contributed by atoms with E-state index in [1.165, 1.54) is 11.6 Å². The van der Waals surface area contributed by atoms with Crippen LogP contribution in [0.4, 0.5) is 9.18 Å². The molecule has 8 nitrogen and oxygen atoms in total. The molecule has 2 fully saturated rings.